The average Bonchev–Trinajstić information content (AvgIpc) is 2.29. The summed E-state index contributed by atoms with van der Waals surface area (Å²) < 4.78 is 0. The Labute approximate surface area is 108 Å². The second-order valence-electron chi connectivity index (χ2n) is 5.16. The first-order valence-corrected chi connectivity index (χ1v) is 5.84. The number of nitrogens with zero attached hydrogens (tertiary/aromatic N) is 3. The summed E-state index contributed by atoms with van der Waals surface area (Å²) in [6.45, 7) is 8.42. The lowest BCUT2D eigenvalue weighted by atomic mass is 9.88. The van der Waals surface area contributed by atoms with Gasteiger partial charge in [0.1, 0.15) is 0 Å². The van der Waals surface area contributed by atoms with Crippen LogP contribution in [0.2, 0.25) is 0 Å². The van der Waals surface area contributed by atoms with Crippen molar-refractivity contribution in [2.45, 2.75) is 33.7 Å². The van der Waals surface area contributed by atoms with Gasteiger partial charge < -0.3 is 10.6 Å². The van der Waals surface area contributed by atoms with Crippen molar-refractivity contribution in [3.8, 4) is 6.19 Å². The van der Waals surface area contributed by atoms with Crippen LogP contribution in [-0.4, -0.2) is 17.0 Å². The van der Waals surface area contributed by atoms with Gasteiger partial charge in [-0.2, -0.15) is 5.26 Å². The zero-order valence-electron chi connectivity index (χ0n) is 11.2. The van der Waals surface area contributed by atoms with E-state index < -0.39 is 0 Å². The molecule has 96 valence electrons. The fourth-order valence-corrected chi connectivity index (χ4v) is 1.14. The highest BCUT2D eigenvalue weighted by atomic mass is 15.2. The molecule has 0 aliphatic rings. The Hall–Kier alpha value is -2.09. The standard InChI is InChI=1S/C13H19N5/c1-10(13(2,3)4)17-12(16-9-14)18-11-6-5-7-15-8-11/h5-8,10H,1-4H3,(H2,16,17,18). The van der Waals surface area contributed by atoms with E-state index in [1.54, 1.807) is 18.6 Å². The monoisotopic (exact) mass is 245 g/mol. The Morgan fingerprint density at radius 1 is 1.50 bits per heavy atom. The molecule has 1 aromatic rings. The molecule has 0 aromatic carbocycles. The summed E-state index contributed by atoms with van der Waals surface area (Å²) in [4.78, 5) is 7.74. The van der Waals surface area contributed by atoms with Crippen molar-refractivity contribution in [3.05, 3.63) is 24.5 Å². The predicted molar refractivity (Wildman–Crippen MR) is 73.0 cm³/mol. The van der Waals surface area contributed by atoms with Crippen LogP contribution in [0.25, 0.3) is 0 Å². The second-order valence-corrected chi connectivity index (χ2v) is 5.16. The van der Waals surface area contributed by atoms with Gasteiger partial charge in [-0.25, -0.2) is 0 Å². The summed E-state index contributed by atoms with van der Waals surface area (Å²) in [7, 11) is 0. The second kappa shape index (κ2) is 6.01. The van der Waals surface area contributed by atoms with Crippen LogP contribution >= 0.6 is 0 Å². The minimum atomic E-state index is 0.0762. The van der Waals surface area contributed by atoms with Crippen molar-refractivity contribution in [3.63, 3.8) is 0 Å². The quantitative estimate of drug-likeness (QED) is 0.476. The van der Waals surface area contributed by atoms with E-state index in [0.717, 1.165) is 5.69 Å². The SMILES string of the molecule is CC(NC(=NC#N)Nc1cccnc1)C(C)(C)C. The lowest BCUT2D eigenvalue weighted by Gasteiger charge is -2.29. The van der Waals surface area contributed by atoms with Gasteiger partial charge in [0.2, 0.25) is 12.2 Å². The van der Waals surface area contributed by atoms with Gasteiger partial charge in [-0.1, -0.05) is 20.8 Å². The molecule has 5 nitrogen and oxygen atoms in total. The maximum absolute atomic E-state index is 8.70. The molecule has 1 atom stereocenters. The molecule has 0 amide bonds. The maximum atomic E-state index is 8.70. The number of anilines is 1. The first kappa shape index (κ1) is 14.0. The molecule has 0 spiro atoms. The Morgan fingerprint density at radius 3 is 2.72 bits per heavy atom. The third kappa shape index (κ3) is 4.42. The Kier molecular flexibility index (Phi) is 4.67. The average molecular weight is 245 g/mol. The summed E-state index contributed by atoms with van der Waals surface area (Å²) in [5.74, 6) is 0.438. The zero-order chi connectivity index (χ0) is 13.6. The highest BCUT2D eigenvalue weighted by Crippen LogP contribution is 2.18. The lowest BCUT2D eigenvalue weighted by molar-refractivity contribution is 0.316. The van der Waals surface area contributed by atoms with Crippen molar-refractivity contribution in [2.75, 3.05) is 5.32 Å². The lowest BCUT2D eigenvalue weighted by Crippen LogP contribution is -2.44. The van der Waals surface area contributed by atoms with E-state index in [9.17, 15) is 0 Å². The fraction of sp³-hybridized carbons (Fsp3) is 0.462. The number of pyridine rings is 1. The number of guanidine groups is 1. The summed E-state index contributed by atoms with van der Waals surface area (Å²) >= 11 is 0. The Morgan fingerprint density at radius 2 is 2.22 bits per heavy atom. The number of aliphatic imine (C=N–C) groups is 1. The van der Waals surface area contributed by atoms with Gasteiger partial charge in [0.15, 0.2) is 0 Å². The first-order valence-electron chi connectivity index (χ1n) is 5.84. The van der Waals surface area contributed by atoms with Crippen LogP contribution in [0.4, 0.5) is 5.69 Å². The molecule has 1 rings (SSSR count). The zero-order valence-corrected chi connectivity index (χ0v) is 11.2. The first-order chi connectivity index (χ1) is 8.43. The molecule has 0 radical (unpaired) electrons. The van der Waals surface area contributed by atoms with Crippen molar-refractivity contribution in [1.82, 2.24) is 10.3 Å². The number of aromatic nitrogens is 1. The Bertz CT molecular complexity index is 439. The minimum absolute atomic E-state index is 0.0762. The molecule has 0 fully saturated rings. The van der Waals surface area contributed by atoms with Gasteiger partial charge in [-0.15, -0.1) is 4.99 Å². The number of hydrogen-bond acceptors (Lipinski definition) is 3. The van der Waals surface area contributed by atoms with Crippen LogP contribution in [0.5, 0.6) is 0 Å². The summed E-state index contributed by atoms with van der Waals surface area (Å²) in [5.41, 5.74) is 0.868. The van der Waals surface area contributed by atoms with Gasteiger partial charge in [0.25, 0.3) is 0 Å². The minimum Gasteiger partial charge on any atom is -0.352 e. The maximum Gasteiger partial charge on any atom is 0.212 e. The van der Waals surface area contributed by atoms with Crippen LogP contribution in [-0.2, 0) is 0 Å². The van der Waals surface area contributed by atoms with Crippen molar-refractivity contribution >= 4 is 11.6 Å². The summed E-state index contributed by atoms with van der Waals surface area (Å²) in [5, 5.41) is 14.9. The van der Waals surface area contributed by atoms with E-state index in [2.05, 4.69) is 48.3 Å². The van der Waals surface area contributed by atoms with E-state index in [-0.39, 0.29) is 11.5 Å². The number of rotatable bonds is 2. The number of nitrogens with one attached hydrogen (secondary N) is 2. The molecule has 2 N–H and O–H groups in total. The molecule has 1 heterocycles. The molecule has 0 saturated heterocycles. The van der Waals surface area contributed by atoms with Gasteiger partial charge >= 0.3 is 0 Å². The summed E-state index contributed by atoms with van der Waals surface area (Å²) in [6, 6.07) is 3.86. The molecular weight excluding hydrogens is 226 g/mol. The molecular formula is C13H19N5. The van der Waals surface area contributed by atoms with Gasteiger partial charge in [0.05, 0.1) is 11.9 Å². The van der Waals surface area contributed by atoms with E-state index in [0.29, 0.717) is 5.96 Å². The Balaban J connectivity index is 2.74. The number of nitriles is 1. The van der Waals surface area contributed by atoms with Crippen LogP contribution in [0.3, 0.4) is 0 Å². The molecule has 0 aliphatic carbocycles. The van der Waals surface area contributed by atoms with Gasteiger partial charge in [-0.3, -0.25) is 4.98 Å². The third-order valence-electron chi connectivity index (χ3n) is 2.74. The van der Waals surface area contributed by atoms with E-state index in [4.69, 9.17) is 5.26 Å². The molecule has 18 heavy (non-hydrogen) atoms. The van der Waals surface area contributed by atoms with Crippen LogP contribution in [0.15, 0.2) is 29.5 Å². The number of hydrogen-bond donors (Lipinski definition) is 2. The van der Waals surface area contributed by atoms with Crippen molar-refractivity contribution < 1.29 is 0 Å². The molecule has 1 unspecified atom stereocenters. The van der Waals surface area contributed by atoms with E-state index >= 15 is 0 Å². The normalized spacial score (nSPS) is 13.6. The molecule has 0 bridgehead atoms. The van der Waals surface area contributed by atoms with Gasteiger partial charge in [0, 0.05) is 12.2 Å². The molecule has 0 saturated carbocycles. The van der Waals surface area contributed by atoms with Crippen LogP contribution in [0, 0.1) is 16.9 Å². The highest BCUT2D eigenvalue weighted by Gasteiger charge is 2.20. The third-order valence-corrected chi connectivity index (χ3v) is 2.74. The van der Waals surface area contributed by atoms with Gasteiger partial charge in [-0.05, 0) is 24.5 Å². The summed E-state index contributed by atoms with van der Waals surface area (Å²) in [6.07, 6.45) is 5.16. The van der Waals surface area contributed by atoms with E-state index in [1.807, 2.05) is 12.1 Å². The fourth-order valence-electron chi connectivity index (χ4n) is 1.14. The topological polar surface area (TPSA) is 73.1 Å². The largest absolute Gasteiger partial charge is 0.352 e. The predicted octanol–water partition coefficient (Wildman–Crippen LogP) is 2.35. The van der Waals surface area contributed by atoms with Crippen LogP contribution in [0.1, 0.15) is 27.7 Å². The molecule has 5 heteroatoms. The van der Waals surface area contributed by atoms with Crippen molar-refractivity contribution in [1.29, 1.82) is 5.26 Å². The van der Waals surface area contributed by atoms with Crippen LogP contribution < -0.4 is 10.6 Å². The smallest absolute Gasteiger partial charge is 0.212 e. The molecule has 0 aliphatic heterocycles. The van der Waals surface area contributed by atoms with E-state index in [1.165, 1.54) is 0 Å². The highest BCUT2D eigenvalue weighted by molar-refractivity contribution is 5.94. The molecule has 1 aromatic heterocycles. The van der Waals surface area contributed by atoms with Crippen molar-refractivity contribution in [2.24, 2.45) is 10.4 Å².